The third-order valence-corrected chi connectivity index (χ3v) is 5.90. The van der Waals surface area contributed by atoms with Crippen LogP contribution in [0.25, 0.3) is 0 Å². The van der Waals surface area contributed by atoms with E-state index in [4.69, 9.17) is 15.6 Å². The second-order valence-corrected chi connectivity index (χ2v) is 8.47. The largest absolute Gasteiger partial charge is 0.496 e. The fraction of sp³-hybridized carbons (Fsp3) is 0.560. The van der Waals surface area contributed by atoms with Gasteiger partial charge in [-0.2, -0.15) is 4.98 Å². The Balaban J connectivity index is 2.29. The molecule has 0 bridgehead atoms. The van der Waals surface area contributed by atoms with Crippen molar-refractivity contribution in [2.45, 2.75) is 65.5 Å². The minimum Gasteiger partial charge on any atom is -0.496 e. The van der Waals surface area contributed by atoms with E-state index in [1.165, 1.54) is 0 Å². The maximum absolute atomic E-state index is 10.9. The molecule has 0 radical (unpaired) electrons. The lowest BCUT2D eigenvalue weighted by Crippen LogP contribution is -2.25. The molecular formula is C25H39N5O4. The Bertz CT molecular complexity index is 932. The molecule has 34 heavy (non-hydrogen) atoms. The number of benzene rings is 1. The van der Waals surface area contributed by atoms with E-state index in [1.807, 2.05) is 32.0 Å². The number of rotatable bonds is 15. The zero-order valence-electron chi connectivity index (χ0n) is 20.8. The van der Waals surface area contributed by atoms with E-state index in [0.29, 0.717) is 31.7 Å². The van der Waals surface area contributed by atoms with Gasteiger partial charge in [-0.15, -0.1) is 0 Å². The Morgan fingerprint density at radius 3 is 2.65 bits per heavy atom. The van der Waals surface area contributed by atoms with E-state index in [0.717, 1.165) is 47.5 Å². The van der Waals surface area contributed by atoms with Crippen LogP contribution in [-0.2, 0) is 17.8 Å². The molecule has 0 fully saturated rings. The van der Waals surface area contributed by atoms with Gasteiger partial charge in [0.05, 0.1) is 13.5 Å². The molecule has 9 nitrogen and oxygen atoms in total. The molecule has 5 N–H and O–H groups in total. The zero-order chi connectivity index (χ0) is 25.1. The molecular weight excluding hydrogens is 434 g/mol. The van der Waals surface area contributed by atoms with E-state index in [-0.39, 0.29) is 25.0 Å². The van der Waals surface area contributed by atoms with Gasteiger partial charge in [-0.3, -0.25) is 9.69 Å². The molecule has 2 aromatic rings. The summed E-state index contributed by atoms with van der Waals surface area (Å²) < 4.78 is 5.70. The van der Waals surface area contributed by atoms with Crippen LogP contribution in [0.2, 0.25) is 0 Å². The average Bonchev–Trinajstić information content (AvgIpc) is 2.79. The van der Waals surface area contributed by atoms with Crippen molar-refractivity contribution < 1.29 is 19.7 Å². The number of carbonyl (C=O) groups is 1. The van der Waals surface area contributed by atoms with Crippen LogP contribution in [-0.4, -0.2) is 63.9 Å². The number of aryl methyl sites for hydroxylation is 1. The summed E-state index contributed by atoms with van der Waals surface area (Å²) in [4.78, 5) is 21.9. The van der Waals surface area contributed by atoms with Crippen molar-refractivity contribution in [2.75, 3.05) is 37.9 Å². The third-order valence-electron chi connectivity index (χ3n) is 5.90. The van der Waals surface area contributed by atoms with Gasteiger partial charge in [0, 0.05) is 43.4 Å². The van der Waals surface area contributed by atoms with Gasteiger partial charge in [-0.05, 0) is 43.5 Å². The number of carboxylic acids is 1. The standard InChI is InChI=1S/C25H39N5O4/c1-5-7-20(11-13-31)28-24-21(17(3)27-25(26)29-24)15-19-9-8-18(14-22(19)34-4)16-30(6-2)12-10-23(32)33/h8-9,14,20,31H,5-7,10-13,15-16H2,1-4H3,(H,32,33)(H3,26,27,28,29). The molecule has 0 saturated carbocycles. The number of aromatic nitrogens is 2. The van der Waals surface area contributed by atoms with Crippen LogP contribution < -0.4 is 15.8 Å². The molecule has 0 spiro atoms. The first-order valence-corrected chi connectivity index (χ1v) is 11.9. The first kappa shape index (κ1) is 27.3. The molecule has 0 amide bonds. The summed E-state index contributed by atoms with van der Waals surface area (Å²) in [6.07, 6.45) is 3.21. The number of nitrogen functional groups attached to an aromatic ring is 1. The number of aliphatic hydroxyl groups is 1. The molecule has 0 aliphatic heterocycles. The molecule has 0 saturated heterocycles. The number of methoxy groups -OCH3 is 1. The van der Waals surface area contributed by atoms with Gasteiger partial charge in [0.25, 0.3) is 0 Å². The molecule has 1 aromatic heterocycles. The molecule has 1 aromatic carbocycles. The van der Waals surface area contributed by atoms with Crippen LogP contribution >= 0.6 is 0 Å². The van der Waals surface area contributed by atoms with E-state index in [1.54, 1.807) is 7.11 Å². The lowest BCUT2D eigenvalue weighted by Gasteiger charge is -2.22. The number of ether oxygens (including phenoxy) is 1. The molecule has 1 heterocycles. The summed E-state index contributed by atoms with van der Waals surface area (Å²) in [6.45, 7) is 8.07. The Kier molecular flexibility index (Phi) is 11.0. The van der Waals surface area contributed by atoms with Crippen LogP contribution in [0.3, 0.4) is 0 Å². The van der Waals surface area contributed by atoms with Crippen molar-refractivity contribution in [3.05, 3.63) is 40.6 Å². The van der Waals surface area contributed by atoms with Crippen molar-refractivity contribution in [2.24, 2.45) is 0 Å². The average molecular weight is 474 g/mol. The van der Waals surface area contributed by atoms with Crippen molar-refractivity contribution >= 4 is 17.7 Å². The van der Waals surface area contributed by atoms with Crippen LogP contribution in [0, 0.1) is 6.92 Å². The third kappa shape index (κ3) is 8.14. The highest BCUT2D eigenvalue weighted by Crippen LogP contribution is 2.28. The minimum absolute atomic E-state index is 0.0950. The number of nitrogens with zero attached hydrogens (tertiary/aromatic N) is 3. The van der Waals surface area contributed by atoms with E-state index >= 15 is 0 Å². The first-order valence-electron chi connectivity index (χ1n) is 11.9. The maximum Gasteiger partial charge on any atom is 0.304 e. The van der Waals surface area contributed by atoms with Gasteiger partial charge in [0.15, 0.2) is 0 Å². The van der Waals surface area contributed by atoms with Crippen LogP contribution in [0.15, 0.2) is 18.2 Å². The van der Waals surface area contributed by atoms with E-state index in [9.17, 15) is 9.90 Å². The summed E-state index contributed by atoms with van der Waals surface area (Å²) >= 11 is 0. The second-order valence-electron chi connectivity index (χ2n) is 8.47. The Morgan fingerprint density at radius 1 is 1.26 bits per heavy atom. The van der Waals surface area contributed by atoms with Gasteiger partial charge in [0.1, 0.15) is 11.6 Å². The molecule has 2 rings (SSSR count). The number of nitrogens with one attached hydrogen (secondary N) is 1. The first-order chi connectivity index (χ1) is 16.3. The number of anilines is 2. The quantitative estimate of drug-likeness (QED) is 0.307. The minimum atomic E-state index is -0.794. The normalized spacial score (nSPS) is 12.1. The number of aliphatic carboxylic acids is 1. The Labute approximate surface area is 202 Å². The number of hydrogen-bond acceptors (Lipinski definition) is 8. The summed E-state index contributed by atoms with van der Waals surface area (Å²) in [5.41, 5.74) is 9.74. The molecule has 1 unspecified atom stereocenters. The predicted molar refractivity (Wildman–Crippen MR) is 134 cm³/mol. The number of aliphatic hydroxyl groups excluding tert-OH is 1. The predicted octanol–water partition coefficient (Wildman–Crippen LogP) is 3.23. The fourth-order valence-corrected chi connectivity index (χ4v) is 4.02. The lowest BCUT2D eigenvalue weighted by atomic mass is 10.0. The molecule has 1 atom stereocenters. The monoisotopic (exact) mass is 473 g/mol. The van der Waals surface area contributed by atoms with Gasteiger partial charge in [-0.25, -0.2) is 4.98 Å². The molecule has 188 valence electrons. The molecule has 0 aliphatic carbocycles. The van der Waals surface area contributed by atoms with Gasteiger partial charge in [-0.1, -0.05) is 32.4 Å². The highest BCUT2D eigenvalue weighted by Gasteiger charge is 2.18. The summed E-state index contributed by atoms with van der Waals surface area (Å²) in [5, 5.41) is 21.9. The fourth-order valence-electron chi connectivity index (χ4n) is 4.02. The van der Waals surface area contributed by atoms with Crippen LogP contribution in [0.5, 0.6) is 5.75 Å². The zero-order valence-corrected chi connectivity index (χ0v) is 20.8. The van der Waals surface area contributed by atoms with Gasteiger partial charge in [0.2, 0.25) is 5.95 Å². The SMILES string of the molecule is CCCC(CCO)Nc1nc(N)nc(C)c1Cc1ccc(CN(CC)CCC(=O)O)cc1OC. The second kappa shape index (κ2) is 13.7. The van der Waals surface area contributed by atoms with Crippen molar-refractivity contribution in [3.8, 4) is 5.75 Å². The summed E-state index contributed by atoms with van der Waals surface area (Å²) in [6, 6.07) is 6.19. The smallest absolute Gasteiger partial charge is 0.304 e. The maximum atomic E-state index is 10.9. The van der Waals surface area contributed by atoms with Crippen molar-refractivity contribution in [1.82, 2.24) is 14.9 Å². The molecule has 0 aliphatic rings. The highest BCUT2D eigenvalue weighted by atomic mass is 16.5. The van der Waals surface area contributed by atoms with Gasteiger partial charge >= 0.3 is 5.97 Å². The van der Waals surface area contributed by atoms with Crippen LogP contribution in [0.4, 0.5) is 11.8 Å². The Hall–Kier alpha value is -2.91. The molecule has 9 heteroatoms. The number of nitrogens with two attached hydrogens (primary N) is 1. The highest BCUT2D eigenvalue weighted by molar-refractivity contribution is 5.66. The van der Waals surface area contributed by atoms with Crippen LogP contribution in [0.1, 0.15) is 61.9 Å². The lowest BCUT2D eigenvalue weighted by molar-refractivity contribution is -0.137. The topological polar surface area (TPSA) is 134 Å². The van der Waals surface area contributed by atoms with E-state index < -0.39 is 5.97 Å². The number of carboxylic acid groups (broad SMARTS) is 1. The van der Waals surface area contributed by atoms with Crippen molar-refractivity contribution in [1.29, 1.82) is 0 Å². The Morgan fingerprint density at radius 2 is 2.03 bits per heavy atom. The number of hydrogen-bond donors (Lipinski definition) is 4. The summed E-state index contributed by atoms with van der Waals surface area (Å²) in [5.74, 6) is 0.867. The van der Waals surface area contributed by atoms with E-state index in [2.05, 4.69) is 27.1 Å². The van der Waals surface area contributed by atoms with Gasteiger partial charge < -0.3 is 26.0 Å². The summed E-state index contributed by atoms with van der Waals surface area (Å²) in [7, 11) is 1.65. The van der Waals surface area contributed by atoms with Crippen molar-refractivity contribution in [3.63, 3.8) is 0 Å².